The van der Waals surface area contributed by atoms with Crippen LogP contribution in [0.4, 0.5) is 11.4 Å². The SMILES string of the molecule is CC(C)c1cc(=O)n(CC(=O)Nc2ccc(N(C)C)cc2)cn1. The molecule has 1 heterocycles. The molecule has 0 radical (unpaired) electrons. The highest BCUT2D eigenvalue weighted by Gasteiger charge is 2.08. The van der Waals surface area contributed by atoms with Crippen LogP contribution >= 0.6 is 0 Å². The molecule has 122 valence electrons. The second-order valence-corrected chi connectivity index (χ2v) is 5.92. The first-order valence-electron chi connectivity index (χ1n) is 7.50. The van der Waals surface area contributed by atoms with Crippen molar-refractivity contribution in [1.82, 2.24) is 9.55 Å². The first kappa shape index (κ1) is 16.7. The molecular weight excluding hydrogens is 292 g/mol. The minimum absolute atomic E-state index is 0.0559. The van der Waals surface area contributed by atoms with Crippen molar-refractivity contribution in [3.8, 4) is 0 Å². The molecular formula is C17H22N4O2. The molecule has 0 saturated heterocycles. The third-order valence-electron chi connectivity index (χ3n) is 3.47. The van der Waals surface area contributed by atoms with Crippen LogP contribution in [0.3, 0.4) is 0 Å². The van der Waals surface area contributed by atoms with Crippen molar-refractivity contribution in [3.63, 3.8) is 0 Å². The predicted molar refractivity (Wildman–Crippen MR) is 92.0 cm³/mol. The van der Waals surface area contributed by atoms with Gasteiger partial charge in [-0.05, 0) is 30.2 Å². The highest BCUT2D eigenvalue weighted by molar-refractivity contribution is 5.90. The summed E-state index contributed by atoms with van der Waals surface area (Å²) in [7, 11) is 3.90. The van der Waals surface area contributed by atoms with Gasteiger partial charge in [0.1, 0.15) is 6.54 Å². The van der Waals surface area contributed by atoms with Gasteiger partial charge in [-0.25, -0.2) is 4.98 Å². The maximum atomic E-state index is 12.1. The van der Waals surface area contributed by atoms with Crippen molar-refractivity contribution >= 4 is 17.3 Å². The Morgan fingerprint density at radius 3 is 2.43 bits per heavy atom. The molecule has 0 fully saturated rings. The number of hydrogen-bond donors (Lipinski definition) is 1. The first-order chi connectivity index (χ1) is 10.9. The molecule has 2 rings (SSSR count). The molecule has 0 spiro atoms. The Balaban J connectivity index is 2.03. The van der Waals surface area contributed by atoms with E-state index in [2.05, 4.69) is 10.3 Å². The van der Waals surface area contributed by atoms with Crippen molar-refractivity contribution in [2.75, 3.05) is 24.3 Å². The van der Waals surface area contributed by atoms with Crippen molar-refractivity contribution < 1.29 is 4.79 Å². The lowest BCUT2D eigenvalue weighted by atomic mass is 10.1. The molecule has 0 atom stereocenters. The monoisotopic (exact) mass is 314 g/mol. The highest BCUT2D eigenvalue weighted by atomic mass is 16.2. The van der Waals surface area contributed by atoms with Gasteiger partial charge in [0.25, 0.3) is 5.56 Å². The molecule has 0 aliphatic carbocycles. The van der Waals surface area contributed by atoms with Gasteiger partial charge in [-0.2, -0.15) is 0 Å². The summed E-state index contributed by atoms with van der Waals surface area (Å²) in [6.07, 6.45) is 1.42. The molecule has 6 heteroatoms. The predicted octanol–water partition coefficient (Wildman–Crippen LogP) is 2.07. The van der Waals surface area contributed by atoms with Gasteiger partial charge < -0.3 is 10.2 Å². The average Bonchev–Trinajstić information content (AvgIpc) is 2.49. The molecule has 23 heavy (non-hydrogen) atoms. The van der Waals surface area contributed by atoms with Crippen LogP contribution in [0, 0.1) is 0 Å². The zero-order chi connectivity index (χ0) is 17.0. The fourth-order valence-corrected chi connectivity index (χ4v) is 2.07. The van der Waals surface area contributed by atoms with E-state index in [1.165, 1.54) is 17.0 Å². The molecule has 0 aliphatic heterocycles. The summed E-state index contributed by atoms with van der Waals surface area (Å²) < 4.78 is 1.30. The van der Waals surface area contributed by atoms with Crippen molar-refractivity contribution in [2.24, 2.45) is 0 Å². The summed E-state index contributed by atoms with van der Waals surface area (Å²) in [5, 5.41) is 2.78. The second-order valence-electron chi connectivity index (χ2n) is 5.92. The van der Waals surface area contributed by atoms with Crippen molar-refractivity contribution in [1.29, 1.82) is 0 Å². The highest BCUT2D eigenvalue weighted by Crippen LogP contribution is 2.15. The number of aromatic nitrogens is 2. The van der Waals surface area contributed by atoms with Crippen LogP contribution in [0.25, 0.3) is 0 Å². The van der Waals surface area contributed by atoms with Crippen LogP contribution in [0.1, 0.15) is 25.5 Å². The standard InChI is InChI=1S/C17H22N4O2/c1-12(2)15-9-17(23)21(11-18-15)10-16(22)19-13-5-7-14(8-6-13)20(3)4/h5-9,11-12H,10H2,1-4H3,(H,19,22). The third kappa shape index (κ3) is 4.42. The van der Waals surface area contributed by atoms with Crippen molar-refractivity contribution in [2.45, 2.75) is 26.3 Å². The lowest BCUT2D eigenvalue weighted by molar-refractivity contribution is -0.116. The van der Waals surface area contributed by atoms with E-state index < -0.39 is 0 Å². The molecule has 2 aromatic rings. The molecule has 1 amide bonds. The molecule has 1 N–H and O–H groups in total. The third-order valence-corrected chi connectivity index (χ3v) is 3.47. The Hall–Kier alpha value is -2.63. The molecule has 0 unspecified atom stereocenters. The Labute approximate surface area is 135 Å². The molecule has 6 nitrogen and oxygen atoms in total. The number of carbonyl (C=O) groups is 1. The van der Waals surface area contributed by atoms with Gasteiger partial charge >= 0.3 is 0 Å². The number of carbonyl (C=O) groups excluding carboxylic acids is 1. The van der Waals surface area contributed by atoms with Gasteiger partial charge in [-0.15, -0.1) is 0 Å². The quantitative estimate of drug-likeness (QED) is 0.917. The summed E-state index contributed by atoms with van der Waals surface area (Å²) in [5.74, 6) is -0.0785. The fourth-order valence-electron chi connectivity index (χ4n) is 2.07. The Morgan fingerprint density at radius 2 is 1.91 bits per heavy atom. The fraction of sp³-hybridized carbons (Fsp3) is 0.353. The zero-order valence-corrected chi connectivity index (χ0v) is 13.9. The van der Waals surface area contributed by atoms with Gasteiger partial charge in [0.15, 0.2) is 0 Å². The van der Waals surface area contributed by atoms with Crippen LogP contribution in [-0.4, -0.2) is 29.6 Å². The number of nitrogens with zero attached hydrogens (tertiary/aromatic N) is 3. The molecule has 1 aromatic heterocycles. The number of hydrogen-bond acceptors (Lipinski definition) is 4. The van der Waals surface area contributed by atoms with E-state index in [0.717, 1.165) is 11.4 Å². The molecule has 0 saturated carbocycles. The normalized spacial score (nSPS) is 10.7. The molecule has 1 aromatic carbocycles. The number of nitrogens with one attached hydrogen (secondary N) is 1. The van der Waals surface area contributed by atoms with Crippen LogP contribution < -0.4 is 15.8 Å². The second kappa shape index (κ2) is 7.09. The smallest absolute Gasteiger partial charge is 0.254 e. The summed E-state index contributed by atoms with van der Waals surface area (Å²) in [6, 6.07) is 8.97. The Bertz CT molecular complexity index is 733. The van der Waals surface area contributed by atoms with Crippen LogP contribution in [-0.2, 0) is 11.3 Å². The van der Waals surface area contributed by atoms with Gasteiger partial charge in [0.2, 0.25) is 5.91 Å². The van der Waals surface area contributed by atoms with E-state index in [4.69, 9.17) is 0 Å². The van der Waals surface area contributed by atoms with Crippen LogP contribution in [0.15, 0.2) is 41.5 Å². The van der Waals surface area contributed by atoms with E-state index in [1.807, 2.05) is 57.1 Å². The Morgan fingerprint density at radius 1 is 1.26 bits per heavy atom. The van der Waals surface area contributed by atoms with Gasteiger partial charge in [-0.1, -0.05) is 13.8 Å². The van der Waals surface area contributed by atoms with Gasteiger partial charge in [0.05, 0.1) is 12.0 Å². The maximum Gasteiger partial charge on any atom is 0.254 e. The van der Waals surface area contributed by atoms with Crippen LogP contribution in [0.5, 0.6) is 0 Å². The summed E-state index contributed by atoms with van der Waals surface area (Å²) in [5.41, 5.74) is 2.25. The lowest BCUT2D eigenvalue weighted by Gasteiger charge is -2.13. The topological polar surface area (TPSA) is 67.2 Å². The van der Waals surface area contributed by atoms with Gasteiger partial charge in [0, 0.05) is 31.5 Å². The summed E-state index contributed by atoms with van der Waals surface area (Å²) in [4.78, 5) is 30.2. The van der Waals surface area contributed by atoms with Crippen molar-refractivity contribution in [3.05, 3.63) is 52.7 Å². The minimum atomic E-state index is -0.260. The van der Waals surface area contributed by atoms with E-state index in [-0.39, 0.29) is 23.9 Å². The number of benzene rings is 1. The summed E-state index contributed by atoms with van der Waals surface area (Å²) >= 11 is 0. The van der Waals surface area contributed by atoms with E-state index >= 15 is 0 Å². The van der Waals surface area contributed by atoms with E-state index in [1.54, 1.807) is 0 Å². The average molecular weight is 314 g/mol. The van der Waals surface area contributed by atoms with E-state index in [0.29, 0.717) is 5.69 Å². The first-order valence-corrected chi connectivity index (χ1v) is 7.50. The minimum Gasteiger partial charge on any atom is -0.378 e. The zero-order valence-electron chi connectivity index (χ0n) is 13.9. The Kier molecular flexibility index (Phi) is 5.16. The maximum absolute atomic E-state index is 12.1. The molecule has 0 bridgehead atoms. The number of anilines is 2. The van der Waals surface area contributed by atoms with E-state index in [9.17, 15) is 9.59 Å². The van der Waals surface area contributed by atoms with Crippen LogP contribution in [0.2, 0.25) is 0 Å². The lowest BCUT2D eigenvalue weighted by Crippen LogP contribution is -2.28. The largest absolute Gasteiger partial charge is 0.378 e. The molecule has 0 aliphatic rings. The number of rotatable bonds is 5. The van der Waals surface area contributed by atoms with Gasteiger partial charge in [-0.3, -0.25) is 14.2 Å². The number of amides is 1. The summed E-state index contributed by atoms with van der Waals surface area (Å²) in [6.45, 7) is 3.88.